The second-order valence-electron chi connectivity index (χ2n) is 3.70. The van der Waals surface area contributed by atoms with Crippen LogP contribution < -0.4 is 4.72 Å². The van der Waals surface area contributed by atoms with Gasteiger partial charge in [-0.05, 0) is 12.1 Å². The molecule has 0 radical (unpaired) electrons. The number of nitrogens with one attached hydrogen (secondary N) is 2. The van der Waals surface area contributed by atoms with Crippen LogP contribution in [0.2, 0.25) is 0 Å². The van der Waals surface area contributed by atoms with Crippen molar-refractivity contribution >= 4 is 15.7 Å². The van der Waals surface area contributed by atoms with Crippen molar-refractivity contribution in [3.8, 4) is 5.75 Å². The van der Waals surface area contributed by atoms with E-state index >= 15 is 0 Å². The van der Waals surface area contributed by atoms with E-state index in [1.54, 1.807) is 12.1 Å². The summed E-state index contributed by atoms with van der Waals surface area (Å²) >= 11 is 0. The van der Waals surface area contributed by atoms with E-state index in [0.717, 1.165) is 0 Å². The minimum atomic E-state index is -3.70. The van der Waals surface area contributed by atoms with Gasteiger partial charge in [-0.25, -0.2) is 4.98 Å². The van der Waals surface area contributed by atoms with Crippen molar-refractivity contribution in [2.75, 3.05) is 4.72 Å². The standard InChI is InChI=1S/C11H13N3O3S/c1-2-10-12-7-11(13-10)18(16,17)14-8-4-3-5-9(15)6-8/h3-7,14-15H,2H2,1H3,(H,12,13). The number of imidazole rings is 1. The number of H-pyrrole nitrogens is 1. The van der Waals surface area contributed by atoms with Crippen LogP contribution in [0.5, 0.6) is 5.75 Å². The van der Waals surface area contributed by atoms with Gasteiger partial charge in [-0.1, -0.05) is 13.0 Å². The summed E-state index contributed by atoms with van der Waals surface area (Å²) in [6.07, 6.45) is 1.89. The van der Waals surface area contributed by atoms with Crippen LogP contribution in [-0.4, -0.2) is 23.5 Å². The summed E-state index contributed by atoms with van der Waals surface area (Å²) < 4.78 is 26.3. The molecule has 0 saturated heterocycles. The molecule has 1 aromatic carbocycles. The van der Waals surface area contributed by atoms with Crippen LogP contribution in [0.3, 0.4) is 0 Å². The van der Waals surface area contributed by atoms with Gasteiger partial charge in [0.25, 0.3) is 10.0 Å². The van der Waals surface area contributed by atoms with Gasteiger partial charge in [0.1, 0.15) is 11.6 Å². The Labute approximate surface area is 105 Å². The molecular formula is C11H13N3O3S. The second kappa shape index (κ2) is 4.69. The molecule has 96 valence electrons. The Hall–Kier alpha value is -2.02. The third-order valence-corrected chi connectivity index (χ3v) is 3.62. The van der Waals surface area contributed by atoms with Gasteiger partial charge in [0.2, 0.25) is 0 Å². The number of anilines is 1. The number of hydrogen-bond acceptors (Lipinski definition) is 4. The maximum absolute atomic E-state index is 12.0. The highest BCUT2D eigenvalue weighted by Gasteiger charge is 2.17. The highest BCUT2D eigenvalue weighted by atomic mass is 32.2. The van der Waals surface area contributed by atoms with Gasteiger partial charge >= 0.3 is 0 Å². The topological polar surface area (TPSA) is 95.1 Å². The van der Waals surface area contributed by atoms with Crippen molar-refractivity contribution in [3.63, 3.8) is 0 Å². The Balaban J connectivity index is 2.27. The van der Waals surface area contributed by atoms with Gasteiger partial charge in [0.05, 0.1) is 11.9 Å². The highest BCUT2D eigenvalue weighted by molar-refractivity contribution is 7.92. The molecule has 0 saturated carbocycles. The van der Waals surface area contributed by atoms with E-state index in [2.05, 4.69) is 14.7 Å². The van der Waals surface area contributed by atoms with Crippen molar-refractivity contribution in [1.82, 2.24) is 9.97 Å². The Bertz CT molecular complexity index is 649. The smallest absolute Gasteiger partial charge is 0.278 e. The lowest BCUT2D eigenvalue weighted by Gasteiger charge is -2.06. The third-order valence-electron chi connectivity index (χ3n) is 2.33. The molecule has 18 heavy (non-hydrogen) atoms. The summed E-state index contributed by atoms with van der Waals surface area (Å²) in [5.74, 6) is 0.598. The van der Waals surface area contributed by atoms with Gasteiger partial charge in [-0.15, -0.1) is 0 Å². The van der Waals surface area contributed by atoms with Crippen molar-refractivity contribution in [3.05, 3.63) is 36.3 Å². The largest absolute Gasteiger partial charge is 0.508 e. The van der Waals surface area contributed by atoms with E-state index in [0.29, 0.717) is 17.9 Å². The molecule has 0 aliphatic heterocycles. The van der Waals surface area contributed by atoms with E-state index < -0.39 is 10.0 Å². The molecule has 7 heteroatoms. The fraction of sp³-hybridized carbons (Fsp3) is 0.182. The first-order valence-electron chi connectivity index (χ1n) is 5.37. The molecule has 0 aliphatic rings. The van der Waals surface area contributed by atoms with Gasteiger partial charge in [-0.2, -0.15) is 8.42 Å². The van der Waals surface area contributed by atoms with Crippen LogP contribution in [0.4, 0.5) is 5.69 Å². The average Bonchev–Trinajstić information content (AvgIpc) is 2.77. The molecule has 2 rings (SSSR count). The van der Waals surface area contributed by atoms with Gasteiger partial charge in [0.15, 0.2) is 5.03 Å². The zero-order chi connectivity index (χ0) is 13.2. The number of aromatic nitrogens is 2. The van der Waals surface area contributed by atoms with Crippen LogP contribution >= 0.6 is 0 Å². The first kappa shape index (κ1) is 12.4. The molecule has 0 atom stereocenters. The average molecular weight is 267 g/mol. The van der Waals surface area contributed by atoms with E-state index in [-0.39, 0.29) is 10.8 Å². The summed E-state index contributed by atoms with van der Waals surface area (Å²) in [5.41, 5.74) is 0.294. The summed E-state index contributed by atoms with van der Waals surface area (Å²) in [6.45, 7) is 1.87. The van der Waals surface area contributed by atoms with Crippen molar-refractivity contribution in [2.45, 2.75) is 18.4 Å². The minimum absolute atomic E-state index is 0.00249. The molecule has 6 nitrogen and oxygen atoms in total. The third kappa shape index (κ3) is 2.62. The minimum Gasteiger partial charge on any atom is -0.508 e. The SMILES string of the molecule is CCc1ncc(S(=O)(=O)Nc2cccc(O)c2)[nH]1. The number of aromatic hydroxyl groups is 1. The number of aromatic amines is 1. The predicted molar refractivity (Wildman–Crippen MR) is 66.9 cm³/mol. The van der Waals surface area contributed by atoms with Crippen LogP contribution in [0.1, 0.15) is 12.7 Å². The Morgan fingerprint density at radius 3 is 2.83 bits per heavy atom. The molecule has 2 aromatic rings. The molecule has 1 aromatic heterocycles. The quantitative estimate of drug-likeness (QED) is 0.782. The molecule has 0 bridgehead atoms. The maximum atomic E-state index is 12.0. The molecule has 1 heterocycles. The van der Waals surface area contributed by atoms with E-state index in [9.17, 15) is 13.5 Å². The number of sulfonamides is 1. The fourth-order valence-electron chi connectivity index (χ4n) is 1.44. The van der Waals surface area contributed by atoms with Gasteiger partial charge < -0.3 is 10.1 Å². The van der Waals surface area contributed by atoms with Crippen LogP contribution in [-0.2, 0) is 16.4 Å². The van der Waals surface area contributed by atoms with Gasteiger partial charge in [-0.3, -0.25) is 4.72 Å². The molecule has 0 unspecified atom stereocenters. The van der Waals surface area contributed by atoms with Crippen molar-refractivity contribution < 1.29 is 13.5 Å². The number of nitrogens with zero attached hydrogens (tertiary/aromatic N) is 1. The zero-order valence-corrected chi connectivity index (χ0v) is 10.5. The number of phenols is 1. The Kier molecular flexibility index (Phi) is 3.24. The highest BCUT2D eigenvalue weighted by Crippen LogP contribution is 2.19. The molecular weight excluding hydrogens is 254 g/mol. The molecule has 0 aliphatic carbocycles. The summed E-state index contributed by atoms with van der Waals surface area (Å²) in [4.78, 5) is 6.65. The zero-order valence-electron chi connectivity index (χ0n) is 9.71. The van der Waals surface area contributed by atoms with Crippen LogP contribution in [0.25, 0.3) is 0 Å². The van der Waals surface area contributed by atoms with E-state index in [1.807, 2.05) is 6.92 Å². The number of hydrogen-bond donors (Lipinski definition) is 3. The normalized spacial score (nSPS) is 11.4. The monoisotopic (exact) mass is 267 g/mol. The van der Waals surface area contributed by atoms with Gasteiger partial charge in [0, 0.05) is 12.5 Å². The van der Waals surface area contributed by atoms with E-state index in [1.165, 1.54) is 18.3 Å². The molecule has 0 spiro atoms. The van der Waals surface area contributed by atoms with Crippen LogP contribution in [0, 0.1) is 0 Å². The lowest BCUT2D eigenvalue weighted by Crippen LogP contribution is -2.13. The first-order valence-corrected chi connectivity index (χ1v) is 6.85. The fourth-order valence-corrected chi connectivity index (χ4v) is 2.43. The Morgan fingerprint density at radius 2 is 2.22 bits per heavy atom. The van der Waals surface area contributed by atoms with Crippen LogP contribution in [0.15, 0.2) is 35.5 Å². The number of rotatable bonds is 4. The lowest BCUT2D eigenvalue weighted by atomic mass is 10.3. The van der Waals surface area contributed by atoms with Crippen molar-refractivity contribution in [2.24, 2.45) is 0 Å². The second-order valence-corrected chi connectivity index (χ2v) is 5.35. The maximum Gasteiger partial charge on any atom is 0.278 e. The summed E-state index contributed by atoms with van der Waals surface area (Å²) in [7, 11) is -3.70. The number of phenolic OH excluding ortho intramolecular Hbond substituents is 1. The van der Waals surface area contributed by atoms with E-state index in [4.69, 9.17) is 0 Å². The first-order chi connectivity index (χ1) is 8.51. The Morgan fingerprint density at radius 1 is 1.44 bits per heavy atom. The molecule has 0 amide bonds. The molecule has 3 N–H and O–H groups in total. The number of aryl methyl sites for hydroxylation is 1. The van der Waals surface area contributed by atoms with Crippen molar-refractivity contribution in [1.29, 1.82) is 0 Å². The predicted octanol–water partition coefficient (Wildman–Crippen LogP) is 1.48. The number of benzene rings is 1. The summed E-state index contributed by atoms with van der Waals surface area (Å²) in [6, 6.07) is 5.89. The summed E-state index contributed by atoms with van der Waals surface area (Å²) in [5, 5.41) is 9.27. The molecule has 0 fully saturated rings. The lowest BCUT2D eigenvalue weighted by molar-refractivity contribution is 0.475.